The number of thioether (sulfide) groups is 1. The van der Waals surface area contributed by atoms with Gasteiger partial charge < -0.3 is 14.6 Å². The molecule has 1 aromatic carbocycles. The standard InChI is InChI=1S/C22H31ClN4O2S/c1-15-6-4-7-19(16(15)2)24-20(28)14-30-22-26-25-21(27(22)12-5-13-29-3)17-8-10-18(23)11-9-17/h8-11,15-16,19H,4-7,12-14H2,1-3H3,(H,24,28). The Hall–Kier alpha value is -1.57. The van der Waals surface area contributed by atoms with Crippen LogP contribution in [0.4, 0.5) is 0 Å². The topological polar surface area (TPSA) is 69.0 Å². The molecular formula is C22H31ClN4O2S. The fourth-order valence-electron chi connectivity index (χ4n) is 3.94. The van der Waals surface area contributed by atoms with Crippen LogP contribution in [0.3, 0.4) is 0 Å². The van der Waals surface area contributed by atoms with Crippen LogP contribution < -0.4 is 5.32 Å². The minimum Gasteiger partial charge on any atom is -0.385 e. The van der Waals surface area contributed by atoms with Crippen LogP contribution in [-0.2, 0) is 16.1 Å². The van der Waals surface area contributed by atoms with Crippen molar-refractivity contribution in [2.45, 2.75) is 57.3 Å². The summed E-state index contributed by atoms with van der Waals surface area (Å²) in [6, 6.07) is 7.83. The summed E-state index contributed by atoms with van der Waals surface area (Å²) >= 11 is 7.46. The molecule has 3 atom stereocenters. The first-order valence-corrected chi connectivity index (χ1v) is 12.0. The third kappa shape index (κ3) is 5.99. The number of benzene rings is 1. The first kappa shape index (κ1) is 23.1. The summed E-state index contributed by atoms with van der Waals surface area (Å²) in [4.78, 5) is 12.6. The first-order chi connectivity index (χ1) is 14.5. The van der Waals surface area contributed by atoms with Crippen LogP contribution >= 0.6 is 23.4 Å². The maximum atomic E-state index is 12.6. The van der Waals surface area contributed by atoms with E-state index in [-0.39, 0.29) is 11.9 Å². The minimum atomic E-state index is 0.0606. The van der Waals surface area contributed by atoms with Crippen LogP contribution in [0.15, 0.2) is 29.4 Å². The fourth-order valence-corrected chi connectivity index (χ4v) is 4.84. The van der Waals surface area contributed by atoms with Crippen molar-refractivity contribution in [3.05, 3.63) is 29.3 Å². The fraction of sp³-hybridized carbons (Fsp3) is 0.591. The number of nitrogens with zero attached hydrogens (tertiary/aromatic N) is 3. The Balaban J connectivity index is 1.67. The van der Waals surface area contributed by atoms with E-state index in [0.717, 1.165) is 35.9 Å². The summed E-state index contributed by atoms with van der Waals surface area (Å²) < 4.78 is 7.26. The number of halogens is 1. The molecule has 164 valence electrons. The molecule has 1 aliphatic rings. The van der Waals surface area contributed by atoms with Crippen molar-refractivity contribution in [3.63, 3.8) is 0 Å². The van der Waals surface area contributed by atoms with Gasteiger partial charge in [0, 0.05) is 36.9 Å². The summed E-state index contributed by atoms with van der Waals surface area (Å²) in [5.41, 5.74) is 0.950. The Kier molecular flexibility index (Phi) is 8.60. The largest absolute Gasteiger partial charge is 0.385 e. The molecule has 0 spiro atoms. The van der Waals surface area contributed by atoms with Crippen molar-refractivity contribution in [2.24, 2.45) is 11.8 Å². The Morgan fingerprint density at radius 3 is 2.77 bits per heavy atom. The molecule has 1 fully saturated rings. The molecule has 30 heavy (non-hydrogen) atoms. The highest BCUT2D eigenvalue weighted by Gasteiger charge is 2.28. The number of carbonyl (C=O) groups is 1. The summed E-state index contributed by atoms with van der Waals surface area (Å²) in [7, 11) is 1.69. The summed E-state index contributed by atoms with van der Waals surface area (Å²) in [5.74, 6) is 2.34. The van der Waals surface area contributed by atoms with Crippen molar-refractivity contribution >= 4 is 29.3 Å². The zero-order valence-electron chi connectivity index (χ0n) is 17.9. The van der Waals surface area contributed by atoms with Gasteiger partial charge in [-0.1, -0.05) is 50.1 Å². The predicted molar refractivity (Wildman–Crippen MR) is 122 cm³/mol. The van der Waals surface area contributed by atoms with Crippen molar-refractivity contribution in [1.29, 1.82) is 0 Å². The number of methoxy groups -OCH3 is 1. The highest BCUT2D eigenvalue weighted by atomic mass is 35.5. The second-order valence-electron chi connectivity index (χ2n) is 8.04. The van der Waals surface area contributed by atoms with Gasteiger partial charge in [0.2, 0.25) is 5.91 Å². The van der Waals surface area contributed by atoms with Gasteiger partial charge in [-0.05, 0) is 48.9 Å². The molecular weight excluding hydrogens is 420 g/mol. The lowest BCUT2D eigenvalue weighted by atomic mass is 9.78. The van der Waals surface area contributed by atoms with Crippen LogP contribution in [0, 0.1) is 11.8 Å². The quantitative estimate of drug-likeness (QED) is 0.444. The maximum Gasteiger partial charge on any atom is 0.230 e. The molecule has 6 nitrogen and oxygen atoms in total. The summed E-state index contributed by atoms with van der Waals surface area (Å²) in [5, 5.41) is 13.4. The number of aromatic nitrogens is 3. The maximum absolute atomic E-state index is 12.6. The second-order valence-corrected chi connectivity index (χ2v) is 9.42. The second kappa shape index (κ2) is 11.2. The van der Waals surface area contributed by atoms with Crippen LogP contribution in [-0.4, -0.2) is 46.2 Å². The smallest absolute Gasteiger partial charge is 0.230 e. The third-order valence-corrected chi connectivity index (χ3v) is 7.15. The van der Waals surface area contributed by atoms with Gasteiger partial charge in [-0.25, -0.2) is 0 Å². The molecule has 1 amide bonds. The third-order valence-electron chi connectivity index (χ3n) is 5.94. The number of amides is 1. The van der Waals surface area contributed by atoms with Crippen molar-refractivity contribution in [1.82, 2.24) is 20.1 Å². The van der Waals surface area contributed by atoms with Crippen molar-refractivity contribution < 1.29 is 9.53 Å². The number of rotatable bonds is 9. The number of hydrogen-bond acceptors (Lipinski definition) is 5. The molecule has 0 saturated heterocycles. The molecule has 1 saturated carbocycles. The van der Waals surface area contributed by atoms with Gasteiger partial charge in [-0.15, -0.1) is 10.2 Å². The van der Waals surface area contributed by atoms with Gasteiger partial charge in [-0.3, -0.25) is 4.79 Å². The zero-order chi connectivity index (χ0) is 21.5. The normalized spacial score (nSPS) is 21.5. The van der Waals surface area contributed by atoms with Crippen LogP contribution in [0.1, 0.15) is 39.5 Å². The molecule has 0 aliphatic heterocycles. The Bertz CT molecular complexity index is 827. The average molecular weight is 451 g/mol. The highest BCUT2D eigenvalue weighted by molar-refractivity contribution is 7.99. The van der Waals surface area contributed by atoms with E-state index in [1.807, 2.05) is 24.3 Å². The molecule has 3 unspecified atom stereocenters. The number of hydrogen-bond donors (Lipinski definition) is 1. The molecule has 0 bridgehead atoms. The summed E-state index contributed by atoms with van der Waals surface area (Å²) in [6.07, 6.45) is 4.34. The molecule has 1 heterocycles. The predicted octanol–water partition coefficient (Wildman–Crippen LogP) is 4.67. The molecule has 8 heteroatoms. The number of ether oxygens (including phenoxy) is 1. The van der Waals surface area contributed by atoms with Crippen LogP contribution in [0.5, 0.6) is 0 Å². The Morgan fingerprint density at radius 1 is 1.27 bits per heavy atom. The van der Waals surface area contributed by atoms with E-state index in [1.54, 1.807) is 7.11 Å². The van der Waals surface area contributed by atoms with E-state index in [9.17, 15) is 4.79 Å². The monoisotopic (exact) mass is 450 g/mol. The first-order valence-electron chi connectivity index (χ1n) is 10.6. The van der Waals surface area contributed by atoms with Crippen LogP contribution in [0.2, 0.25) is 5.02 Å². The number of nitrogens with one attached hydrogen (secondary N) is 1. The van der Waals surface area contributed by atoms with E-state index in [1.165, 1.54) is 24.6 Å². The Morgan fingerprint density at radius 2 is 2.03 bits per heavy atom. The highest BCUT2D eigenvalue weighted by Crippen LogP contribution is 2.30. The zero-order valence-corrected chi connectivity index (χ0v) is 19.5. The molecule has 1 N–H and O–H groups in total. The van der Waals surface area contributed by atoms with E-state index in [2.05, 4.69) is 33.9 Å². The van der Waals surface area contributed by atoms with E-state index in [4.69, 9.17) is 16.3 Å². The van der Waals surface area contributed by atoms with Gasteiger partial charge in [0.15, 0.2) is 11.0 Å². The lowest BCUT2D eigenvalue weighted by Gasteiger charge is -2.34. The minimum absolute atomic E-state index is 0.0606. The van der Waals surface area contributed by atoms with Gasteiger partial charge in [-0.2, -0.15) is 0 Å². The number of carbonyl (C=O) groups excluding carboxylic acids is 1. The van der Waals surface area contributed by atoms with Crippen molar-refractivity contribution in [3.8, 4) is 11.4 Å². The average Bonchev–Trinajstić information content (AvgIpc) is 3.13. The molecule has 0 radical (unpaired) electrons. The Labute approximate surface area is 188 Å². The lowest BCUT2D eigenvalue weighted by molar-refractivity contribution is -0.120. The van der Waals surface area contributed by atoms with E-state index in [0.29, 0.717) is 29.2 Å². The molecule has 1 aromatic heterocycles. The van der Waals surface area contributed by atoms with Crippen molar-refractivity contribution in [2.75, 3.05) is 19.5 Å². The summed E-state index contributed by atoms with van der Waals surface area (Å²) in [6.45, 7) is 5.89. The van der Waals surface area contributed by atoms with Gasteiger partial charge in [0.05, 0.1) is 5.75 Å². The lowest BCUT2D eigenvalue weighted by Crippen LogP contribution is -2.44. The van der Waals surface area contributed by atoms with E-state index < -0.39 is 0 Å². The molecule has 3 rings (SSSR count). The van der Waals surface area contributed by atoms with Gasteiger partial charge in [0.25, 0.3) is 0 Å². The molecule has 2 aromatic rings. The van der Waals surface area contributed by atoms with Gasteiger partial charge in [0.1, 0.15) is 0 Å². The SMILES string of the molecule is COCCCn1c(SCC(=O)NC2CCCC(C)C2C)nnc1-c1ccc(Cl)cc1. The van der Waals surface area contributed by atoms with Gasteiger partial charge >= 0.3 is 0 Å². The molecule has 1 aliphatic carbocycles. The van der Waals surface area contributed by atoms with Crippen LogP contribution in [0.25, 0.3) is 11.4 Å². The van der Waals surface area contributed by atoms with E-state index >= 15 is 0 Å².